The molecule has 1 aliphatic heterocycles. The topological polar surface area (TPSA) is 79.8 Å². The molecule has 1 aliphatic rings. The molecule has 1 unspecified atom stereocenters. The summed E-state index contributed by atoms with van der Waals surface area (Å²) in [7, 11) is 3.66. The smallest absolute Gasteiger partial charge is 0.420 e. The van der Waals surface area contributed by atoms with Gasteiger partial charge in [0.25, 0.3) is 0 Å². The fourth-order valence-electron chi connectivity index (χ4n) is 4.29. The van der Waals surface area contributed by atoms with E-state index in [4.69, 9.17) is 9.47 Å². The van der Waals surface area contributed by atoms with E-state index in [2.05, 4.69) is 27.2 Å². The lowest BCUT2D eigenvalue weighted by atomic mass is 10.00. The van der Waals surface area contributed by atoms with Crippen LogP contribution in [-0.2, 0) is 0 Å². The summed E-state index contributed by atoms with van der Waals surface area (Å²) < 4.78 is 25.9. The number of aryl methyl sites for hydroxylation is 2. The summed E-state index contributed by atoms with van der Waals surface area (Å²) in [6, 6.07) is 11.8. The second kappa shape index (κ2) is 11.3. The van der Waals surface area contributed by atoms with Gasteiger partial charge in [-0.2, -0.15) is 4.98 Å². The molecule has 9 heteroatoms. The van der Waals surface area contributed by atoms with Crippen molar-refractivity contribution >= 4 is 23.5 Å². The highest BCUT2D eigenvalue weighted by atomic mass is 19.1. The molecule has 4 rings (SSSR count). The zero-order valence-electron chi connectivity index (χ0n) is 21.1. The molecule has 1 N–H and O–H groups in total. The molecule has 1 aromatic heterocycles. The predicted octanol–water partition coefficient (Wildman–Crippen LogP) is 5.33. The lowest BCUT2D eigenvalue weighted by molar-refractivity contribution is 0.147. The summed E-state index contributed by atoms with van der Waals surface area (Å²) in [5.74, 6) is 1.17. The van der Waals surface area contributed by atoms with E-state index < -0.39 is 11.9 Å². The van der Waals surface area contributed by atoms with Crippen molar-refractivity contribution in [3.05, 3.63) is 65.6 Å². The molecule has 1 atom stereocenters. The second-order valence-electron chi connectivity index (χ2n) is 9.34. The number of hydrogen-bond donors (Lipinski definition) is 1. The van der Waals surface area contributed by atoms with E-state index in [1.54, 1.807) is 37.4 Å². The standard InChI is InChI=1S/C27H32FN5O3/c1-18-12-19(2)14-22(13-18)36-27(34)33(4)25-9-10-29-26(31-25)30-21-7-8-24(23(28)15-21)35-17-20-6-5-11-32(3)16-20/h7-10,12-15,20H,5-6,11,16-17H2,1-4H3,(H,29,30,31). The molecule has 1 fully saturated rings. The van der Waals surface area contributed by atoms with E-state index in [9.17, 15) is 9.18 Å². The average molecular weight is 494 g/mol. The molecular formula is C27H32FN5O3. The van der Waals surface area contributed by atoms with Gasteiger partial charge in [0.2, 0.25) is 5.95 Å². The zero-order valence-corrected chi connectivity index (χ0v) is 21.1. The fourth-order valence-corrected chi connectivity index (χ4v) is 4.29. The highest BCUT2D eigenvalue weighted by Crippen LogP contribution is 2.25. The number of rotatable bonds is 7. The Morgan fingerprint density at radius 2 is 1.97 bits per heavy atom. The highest BCUT2D eigenvalue weighted by Gasteiger charge is 2.19. The van der Waals surface area contributed by atoms with Crippen LogP contribution in [0.1, 0.15) is 24.0 Å². The Morgan fingerprint density at radius 1 is 1.19 bits per heavy atom. The van der Waals surface area contributed by atoms with Gasteiger partial charge in [-0.3, -0.25) is 4.90 Å². The van der Waals surface area contributed by atoms with Crippen LogP contribution in [0.25, 0.3) is 0 Å². The molecule has 1 amide bonds. The van der Waals surface area contributed by atoms with Crippen molar-refractivity contribution in [1.82, 2.24) is 14.9 Å². The van der Waals surface area contributed by atoms with E-state index in [1.807, 2.05) is 19.9 Å². The van der Waals surface area contributed by atoms with E-state index in [1.165, 1.54) is 17.2 Å². The van der Waals surface area contributed by atoms with Gasteiger partial charge in [-0.1, -0.05) is 6.07 Å². The van der Waals surface area contributed by atoms with Crippen LogP contribution in [0.2, 0.25) is 0 Å². The summed E-state index contributed by atoms with van der Waals surface area (Å²) >= 11 is 0. The Balaban J connectivity index is 1.37. The third-order valence-corrected chi connectivity index (χ3v) is 6.04. The van der Waals surface area contributed by atoms with Gasteiger partial charge in [0.1, 0.15) is 11.6 Å². The predicted molar refractivity (Wildman–Crippen MR) is 138 cm³/mol. The van der Waals surface area contributed by atoms with Crippen molar-refractivity contribution in [2.45, 2.75) is 26.7 Å². The monoisotopic (exact) mass is 493 g/mol. The lowest BCUT2D eigenvalue weighted by Crippen LogP contribution is -2.34. The number of anilines is 3. The number of carbonyl (C=O) groups is 1. The van der Waals surface area contributed by atoms with Gasteiger partial charge in [-0.15, -0.1) is 0 Å². The summed E-state index contributed by atoms with van der Waals surface area (Å²) in [4.78, 5) is 24.7. The first-order chi connectivity index (χ1) is 17.3. The molecule has 0 aliphatic carbocycles. The van der Waals surface area contributed by atoms with Crippen molar-refractivity contribution in [3.63, 3.8) is 0 Å². The number of amides is 1. The maximum absolute atomic E-state index is 14.7. The first-order valence-electron chi connectivity index (χ1n) is 12.0. The molecule has 2 heterocycles. The van der Waals surface area contributed by atoms with Crippen molar-refractivity contribution < 1.29 is 18.7 Å². The van der Waals surface area contributed by atoms with Crippen LogP contribution in [0.15, 0.2) is 48.7 Å². The van der Waals surface area contributed by atoms with Gasteiger partial charge in [0, 0.05) is 37.5 Å². The first kappa shape index (κ1) is 25.4. The zero-order chi connectivity index (χ0) is 25.7. The number of halogens is 1. The van der Waals surface area contributed by atoms with Gasteiger partial charge in [0.05, 0.1) is 6.61 Å². The number of aromatic nitrogens is 2. The number of hydrogen-bond acceptors (Lipinski definition) is 7. The molecule has 0 radical (unpaired) electrons. The third-order valence-electron chi connectivity index (χ3n) is 6.04. The van der Waals surface area contributed by atoms with Crippen molar-refractivity contribution in [1.29, 1.82) is 0 Å². The first-order valence-corrected chi connectivity index (χ1v) is 12.0. The molecule has 2 aromatic carbocycles. The minimum Gasteiger partial charge on any atom is -0.490 e. The Bertz CT molecular complexity index is 1200. The maximum atomic E-state index is 14.7. The Kier molecular flexibility index (Phi) is 8.00. The van der Waals surface area contributed by atoms with Crippen molar-refractivity contribution in [2.75, 3.05) is 44.0 Å². The van der Waals surface area contributed by atoms with Gasteiger partial charge < -0.3 is 19.7 Å². The molecule has 1 saturated heterocycles. The maximum Gasteiger partial charge on any atom is 0.420 e. The molecular weight excluding hydrogens is 461 g/mol. The third kappa shape index (κ3) is 6.69. The summed E-state index contributed by atoms with van der Waals surface area (Å²) in [6.07, 6.45) is 3.15. The van der Waals surface area contributed by atoms with Crippen LogP contribution in [0.5, 0.6) is 11.5 Å². The number of likely N-dealkylation sites (tertiary alicyclic amines) is 1. The summed E-state index contributed by atoms with van der Waals surface area (Å²) in [5, 5.41) is 2.98. The summed E-state index contributed by atoms with van der Waals surface area (Å²) in [5.41, 5.74) is 2.47. The van der Waals surface area contributed by atoms with Crippen molar-refractivity contribution in [2.24, 2.45) is 5.92 Å². The second-order valence-corrected chi connectivity index (χ2v) is 9.34. The van der Waals surface area contributed by atoms with Gasteiger partial charge >= 0.3 is 6.09 Å². The van der Waals surface area contributed by atoms with E-state index in [0.29, 0.717) is 29.8 Å². The van der Waals surface area contributed by atoms with Gasteiger partial charge in [-0.25, -0.2) is 14.2 Å². The lowest BCUT2D eigenvalue weighted by Gasteiger charge is -2.29. The summed E-state index contributed by atoms with van der Waals surface area (Å²) in [6.45, 7) is 6.42. The number of ether oxygens (including phenoxy) is 2. The van der Waals surface area contributed by atoms with Gasteiger partial charge in [0.15, 0.2) is 11.6 Å². The molecule has 36 heavy (non-hydrogen) atoms. The molecule has 0 saturated carbocycles. The Labute approximate surface area is 211 Å². The largest absolute Gasteiger partial charge is 0.490 e. The molecule has 0 spiro atoms. The number of carbonyl (C=O) groups excluding carboxylic acids is 1. The quantitative estimate of drug-likeness (QED) is 0.476. The van der Waals surface area contributed by atoms with Crippen LogP contribution < -0.4 is 19.7 Å². The Morgan fingerprint density at radius 3 is 2.69 bits per heavy atom. The van der Waals surface area contributed by atoms with Crippen LogP contribution in [0.3, 0.4) is 0 Å². The van der Waals surface area contributed by atoms with E-state index in [0.717, 1.165) is 37.1 Å². The average Bonchev–Trinajstić information content (AvgIpc) is 2.82. The molecule has 0 bridgehead atoms. The Hall–Kier alpha value is -3.72. The molecule has 190 valence electrons. The van der Waals surface area contributed by atoms with Crippen LogP contribution in [-0.4, -0.2) is 54.8 Å². The number of nitrogens with zero attached hydrogens (tertiary/aromatic N) is 4. The normalized spacial score (nSPS) is 15.9. The SMILES string of the molecule is Cc1cc(C)cc(OC(=O)N(C)c2ccnc(Nc3ccc(OCC4CCCN(C)C4)c(F)c3)n2)c1. The minimum absolute atomic E-state index is 0.219. The number of nitrogens with one attached hydrogen (secondary N) is 1. The van der Waals surface area contributed by atoms with Crippen LogP contribution in [0.4, 0.5) is 26.6 Å². The molecule has 8 nitrogen and oxygen atoms in total. The van der Waals surface area contributed by atoms with Crippen LogP contribution >= 0.6 is 0 Å². The highest BCUT2D eigenvalue weighted by molar-refractivity contribution is 5.87. The molecule has 3 aromatic rings. The van der Waals surface area contributed by atoms with E-state index in [-0.39, 0.29) is 11.7 Å². The van der Waals surface area contributed by atoms with E-state index >= 15 is 0 Å². The number of piperidine rings is 1. The number of benzene rings is 2. The minimum atomic E-state index is -0.582. The van der Waals surface area contributed by atoms with Crippen LogP contribution in [0, 0.1) is 25.6 Å². The van der Waals surface area contributed by atoms with Gasteiger partial charge in [-0.05, 0) is 81.7 Å². The van der Waals surface area contributed by atoms with Crippen molar-refractivity contribution in [3.8, 4) is 11.5 Å². The fraction of sp³-hybridized carbons (Fsp3) is 0.370.